The van der Waals surface area contributed by atoms with Gasteiger partial charge in [0.1, 0.15) is 46.0 Å². The number of rotatable bonds is 8. The summed E-state index contributed by atoms with van der Waals surface area (Å²) in [5.41, 5.74) is 17.0. The number of ether oxygens (including phenoxy) is 4. The van der Waals surface area contributed by atoms with Gasteiger partial charge in [0.25, 0.3) is 0 Å². The summed E-state index contributed by atoms with van der Waals surface area (Å²) >= 11 is 0. The van der Waals surface area contributed by atoms with Crippen molar-refractivity contribution < 1.29 is 18.9 Å². The summed E-state index contributed by atoms with van der Waals surface area (Å²) in [7, 11) is 6.38. The molecule has 0 saturated carbocycles. The first-order valence-electron chi connectivity index (χ1n) is 13.4. The minimum atomic E-state index is 0.479. The number of nitrogens with zero attached hydrogens (tertiary/aromatic N) is 4. The summed E-state index contributed by atoms with van der Waals surface area (Å²) < 4.78 is 21.7. The number of methoxy groups -OCH3 is 4. The van der Waals surface area contributed by atoms with Crippen LogP contribution in [0.1, 0.15) is 6.42 Å². The standard InChI is InChI=1S/C31H36N6O4/c1-38-24-14-22(15-25(39-2)30(24)32)20-6-8-28(34-18-20)36-10-5-11-37(13-12-36)29-9-7-21(19-35-29)23-16-26(40-3)31(33)27(17-23)41-4/h6-9,14-19H,5,10-13,32-33H2,1-4H3. The zero-order valence-corrected chi connectivity index (χ0v) is 23.9. The van der Waals surface area contributed by atoms with Crippen molar-refractivity contribution in [1.29, 1.82) is 0 Å². The van der Waals surface area contributed by atoms with E-state index in [4.69, 9.17) is 40.4 Å². The first-order valence-corrected chi connectivity index (χ1v) is 13.4. The fourth-order valence-electron chi connectivity index (χ4n) is 5.07. The molecule has 0 spiro atoms. The molecule has 4 aromatic rings. The van der Waals surface area contributed by atoms with Crippen LogP contribution < -0.4 is 40.2 Å². The second-order valence-electron chi connectivity index (χ2n) is 9.73. The van der Waals surface area contributed by atoms with Crippen LogP contribution in [0.3, 0.4) is 0 Å². The topological polar surface area (TPSA) is 121 Å². The Morgan fingerprint density at radius 1 is 0.537 bits per heavy atom. The second kappa shape index (κ2) is 12.1. The molecule has 0 atom stereocenters. The van der Waals surface area contributed by atoms with E-state index in [1.165, 1.54) is 0 Å². The quantitative estimate of drug-likeness (QED) is 0.295. The van der Waals surface area contributed by atoms with Gasteiger partial charge in [0.05, 0.1) is 28.4 Å². The van der Waals surface area contributed by atoms with Crippen molar-refractivity contribution in [3.8, 4) is 45.3 Å². The molecular weight excluding hydrogens is 520 g/mol. The number of hydrogen-bond acceptors (Lipinski definition) is 10. The minimum absolute atomic E-state index is 0.479. The third kappa shape index (κ3) is 5.72. The Labute approximate surface area is 240 Å². The molecule has 2 aromatic carbocycles. The molecule has 214 valence electrons. The Morgan fingerprint density at radius 2 is 0.902 bits per heavy atom. The molecule has 1 fully saturated rings. The van der Waals surface area contributed by atoms with Crippen LogP contribution in [0, 0.1) is 0 Å². The molecule has 0 aliphatic carbocycles. The van der Waals surface area contributed by atoms with Gasteiger partial charge in [-0.15, -0.1) is 0 Å². The van der Waals surface area contributed by atoms with Crippen molar-refractivity contribution in [3.05, 3.63) is 60.9 Å². The van der Waals surface area contributed by atoms with Crippen LogP contribution in [-0.4, -0.2) is 64.6 Å². The van der Waals surface area contributed by atoms with E-state index in [1.54, 1.807) is 28.4 Å². The normalized spacial score (nSPS) is 13.5. The van der Waals surface area contributed by atoms with Gasteiger partial charge in [0.15, 0.2) is 0 Å². The zero-order valence-electron chi connectivity index (χ0n) is 23.9. The van der Waals surface area contributed by atoms with E-state index in [1.807, 2.05) is 36.7 Å². The number of nitrogens with two attached hydrogens (primary N) is 2. The smallest absolute Gasteiger partial charge is 0.146 e. The largest absolute Gasteiger partial charge is 0.494 e. The zero-order chi connectivity index (χ0) is 28.9. The van der Waals surface area contributed by atoms with E-state index in [2.05, 4.69) is 34.1 Å². The molecule has 0 amide bonds. The molecule has 41 heavy (non-hydrogen) atoms. The van der Waals surface area contributed by atoms with Crippen LogP contribution in [0.15, 0.2) is 60.9 Å². The van der Waals surface area contributed by atoms with Crippen molar-refractivity contribution in [2.75, 3.05) is 75.9 Å². The number of anilines is 4. The lowest BCUT2D eigenvalue weighted by Crippen LogP contribution is -2.31. The molecule has 0 bridgehead atoms. The molecule has 0 unspecified atom stereocenters. The predicted octanol–water partition coefficient (Wildman–Crippen LogP) is 4.73. The highest BCUT2D eigenvalue weighted by molar-refractivity contribution is 5.76. The number of pyridine rings is 2. The van der Waals surface area contributed by atoms with Crippen LogP contribution in [0.2, 0.25) is 0 Å². The van der Waals surface area contributed by atoms with Gasteiger partial charge in [-0.2, -0.15) is 0 Å². The Hall–Kier alpha value is -4.86. The lowest BCUT2D eigenvalue weighted by molar-refractivity contribution is 0.398. The number of aromatic nitrogens is 2. The fraction of sp³-hybridized carbons (Fsp3) is 0.290. The van der Waals surface area contributed by atoms with Gasteiger partial charge in [-0.3, -0.25) is 0 Å². The maximum Gasteiger partial charge on any atom is 0.146 e. The molecule has 0 radical (unpaired) electrons. The lowest BCUT2D eigenvalue weighted by atomic mass is 10.1. The van der Waals surface area contributed by atoms with Crippen LogP contribution in [0.5, 0.6) is 23.0 Å². The lowest BCUT2D eigenvalue weighted by Gasteiger charge is -2.24. The van der Waals surface area contributed by atoms with Gasteiger partial charge < -0.3 is 40.2 Å². The van der Waals surface area contributed by atoms with E-state index >= 15 is 0 Å². The average Bonchev–Trinajstić information content (AvgIpc) is 3.28. The molecular formula is C31H36N6O4. The van der Waals surface area contributed by atoms with E-state index in [0.29, 0.717) is 34.4 Å². The van der Waals surface area contributed by atoms with Gasteiger partial charge in [-0.25, -0.2) is 9.97 Å². The van der Waals surface area contributed by atoms with Crippen molar-refractivity contribution in [2.24, 2.45) is 0 Å². The SMILES string of the molecule is COc1cc(-c2ccc(N3CCCN(c4ccc(-c5cc(OC)c(N)c(OC)c5)cn4)CC3)nc2)cc(OC)c1N. The number of nitrogen functional groups attached to an aromatic ring is 2. The predicted molar refractivity (Wildman–Crippen MR) is 163 cm³/mol. The van der Waals surface area contributed by atoms with Gasteiger partial charge in [-0.1, -0.05) is 0 Å². The number of benzene rings is 2. The molecule has 1 aliphatic rings. The molecule has 10 heteroatoms. The monoisotopic (exact) mass is 556 g/mol. The van der Waals surface area contributed by atoms with Crippen LogP contribution >= 0.6 is 0 Å². The van der Waals surface area contributed by atoms with E-state index < -0.39 is 0 Å². The average molecular weight is 557 g/mol. The summed E-state index contributed by atoms with van der Waals surface area (Å²) in [6.45, 7) is 3.50. The van der Waals surface area contributed by atoms with Gasteiger partial charge in [0, 0.05) is 49.7 Å². The Balaban J connectivity index is 1.27. The maximum absolute atomic E-state index is 6.11. The van der Waals surface area contributed by atoms with Gasteiger partial charge >= 0.3 is 0 Å². The fourth-order valence-corrected chi connectivity index (χ4v) is 5.07. The first-order chi connectivity index (χ1) is 19.9. The van der Waals surface area contributed by atoms with Crippen molar-refractivity contribution in [2.45, 2.75) is 6.42 Å². The Morgan fingerprint density at radius 3 is 1.20 bits per heavy atom. The summed E-state index contributed by atoms with van der Waals surface area (Å²) in [5.74, 6) is 4.19. The summed E-state index contributed by atoms with van der Waals surface area (Å²) in [5, 5.41) is 0. The summed E-state index contributed by atoms with van der Waals surface area (Å²) in [6.07, 6.45) is 4.75. The maximum atomic E-state index is 6.11. The third-order valence-electron chi connectivity index (χ3n) is 7.39. The highest BCUT2D eigenvalue weighted by atomic mass is 16.5. The molecule has 10 nitrogen and oxygen atoms in total. The second-order valence-corrected chi connectivity index (χ2v) is 9.73. The van der Waals surface area contributed by atoms with Gasteiger partial charge in [-0.05, 0) is 66.1 Å². The molecule has 2 aromatic heterocycles. The van der Waals surface area contributed by atoms with Gasteiger partial charge in [0.2, 0.25) is 0 Å². The molecule has 4 N–H and O–H groups in total. The Bertz CT molecular complexity index is 1330. The molecule has 3 heterocycles. The van der Waals surface area contributed by atoms with E-state index in [9.17, 15) is 0 Å². The Kier molecular flexibility index (Phi) is 8.19. The summed E-state index contributed by atoms with van der Waals surface area (Å²) in [6, 6.07) is 15.8. The van der Waals surface area contributed by atoms with Crippen molar-refractivity contribution in [3.63, 3.8) is 0 Å². The van der Waals surface area contributed by atoms with E-state index in [0.717, 1.165) is 66.5 Å². The van der Waals surface area contributed by atoms with Crippen LogP contribution in [0.25, 0.3) is 22.3 Å². The molecule has 1 saturated heterocycles. The summed E-state index contributed by atoms with van der Waals surface area (Å²) in [4.78, 5) is 14.2. The highest BCUT2D eigenvalue weighted by Crippen LogP contribution is 2.38. The number of hydrogen-bond donors (Lipinski definition) is 2. The van der Waals surface area contributed by atoms with Crippen molar-refractivity contribution in [1.82, 2.24) is 9.97 Å². The first kappa shape index (κ1) is 27.7. The minimum Gasteiger partial charge on any atom is -0.494 e. The molecule has 5 rings (SSSR count). The third-order valence-corrected chi connectivity index (χ3v) is 7.39. The van der Waals surface area contributed by atoms with Crippen molar-refractivity contribution >= 4 is 23.0 Å². The van der Waals surface area contributed by atoms with Crippen LogP contribution in [-0.2, 0) is 0 Å². The van der Waals surface area contributed by atoms with Crippen LogP contribution in [0.4, 0.5) is 23.0 Å². The molecule has 1 aliphatic heterocycles. The van der Waals surface area contributed by atoms with E-state index in [-0.39, 0.29) is 0 Å². The highest BCUT2D eigenvalue weighted by Gasteiger charge is 2.18.